The summed E-state index contributed by atoms with van der Waals surface area (Å²) in [6.07, 6.45) is 1.53. The third kappa shape index (κ3) is 2.55. The van der Waals surface area contributed by atoms with Gasteiger partial charge in [0.1, 0.15) is 6.10 Å². The van der Waals surface area contributed by atoms with Gasteiger partial charge in [-0.05, 0) is 43.0 Å². The lowest BCUT2D eigenvalue weighted by Crippen LogP contribution is -2.34. The fourth-order valence-electron chi connectivity index (χ4n) is 4.29. The minimum Gasteiger partial charge on any atom is -0.462 e. The summed E-state index contributed by atoms with van der Waals surface area (Å²) in [5.41, 5.74) is 0.572. The van der Waals surface area contributed by atoms with Crippen LogP contribution in [-0.4, -0.2) is 30.6 Å². The molecular weight excluding hydrogens is 334 g/mol. The van der Waals surface area contributed by atoms with Crippen molar-refractivity contribution < 1.29 is 23.9 Å². The lowest BCUT2D eigenvalue weighted by atomic mass is 9.80. The van der Waals surface area contributed by atoms with Crippen LogP contribution in [0.4, 0.5) is 5.69 Å². The average Bonchev–Trinajstić information content (AvgIpc) is 3.16. The van der Waals surface area contributed by atoms with Gasteiger partial charge in [-0.2, -0.15) is 0 Å². The van der Waals surface area contributed by atoms with E-state index in [1.807, 2.05) is 0 Å². The van der Waals surface area contributed by atoms with Crippen LogP contribution in [0.5, 0.6) is 0 Å². The predicted octanol–water partition coefficient (Wildman–Crippen LogP) is 2.02. The van der Waals surface area contributed by atoms with Crippen molar-refractivity contribution in [2.45, 2.75) is 18.9 Å². The molecule has 5 atom stereocenters. The summed E-state index contributed by atoms with van der Waals surface area (Å²) >= 11 is 5.78. The second-order valence-corrected chi connectivity index (χ2v) is 7.02. The van der Waals surface area contributed by atoms with Crippen LogP contribution in [0, 0.1) is 23.7 Å². The fourth-order valence-corrected chi connectivity index (χ4v) is 4.41. The van der Waals surface area contributed by atoms with E-state index in [0.29, 0.717) is 10.7 Å². The van der Waals surface area contributed by atoms with Crippen LogP contribution in [0.1, 0.15) is 12.8 Å². The number of carbonyl (C=O) groups is 3. The minimum absolute atomic E-state index is 0.0234. The van der Waals surface area contributed by atoms with Crippen molar-refractivity contribution in [3.05, 3.63) is 29.3 Å². The van der Waals surface area contributed by atoms with Gasteiger partial charge in [0.2, 0.25) is 0 Å². The highest BCUT2D eigenvalue weighted by atomic mass is 35.5. The van der Waals surface area contributed by atoms with Crippen LogP contribution >= 0.6 is 11.6 Å². The molecule has 0 unspecified atom stereocenters. The number of anilines is 1. The van der Waals surface area contributed by atoms with Crippen LogP contribution in [0.2, 0.25) is 5.02 Å². The summed E-state index contributed by atoms with van der Waals surface area (Å²) in [6, 6.07) is 6.63. The zero-order chi connectivity index (χ0) is 16.8. The maximum atomic E-state index is 12.3. The molecule has 24 heavy (non-hydrogen) atoms. The van der Waals surface area contributed by atoms with E-state index in [1.54, 1.807) is 24.3 Å². The van der Waals surface area contributed by atoms with E-state index in [4.69, 9.17) is 21.1 Å². The maximum absolute atomic E-state index is 12.3. The number of amides is 1. The molecule has 1 aromatic rings. The zero-order valence-corrected chi connectivity index (χ0v) is 13.5. The number of hydrogen-bond acceptors (Lipinski definition) is 5. The summed E-state index contributed by atoms with van der Waals surface area (Å²) in [6.45, 7) is -0.374. The van der Waals surface area contributed by atoms with Crippen LogP contribution in [-0.2, 0) is 23.9 Å². The van der Waals surface area contributed by atoms with E-state index >= 15 is 0 Å². The van der Waals surface area contributed by atoms with E-state index in [2.05, 4.69) is 5.32 Å². The number of halogens is 1. The Morgan fingerprint density at radius 2 is 2.00 bits per heavy atom. The molecule has 4 rings (SSSR count). The Kier molecular flexibility index (Phi) is 3.72. The van der Waals surface area contributed by atoms with Gasteiger partial charge in [-0.25, -0.2) is 0 Å². The normalized spacial score (nSPS) is 32.5. The molecule has 1 aliphatic heterocycles. The van der Waals surface area contributed by atoms with E-state index in [1.165, 1.54) is 0 Å². The molecule has 1 N–H and O–H groups in total. The molecule has 6 nitrogen and oxygen atoms in total. The molecule has 3 aliphatic rings. The number of nitrogens with one attached hydrogen (secondary N) is 1. The summed E-state index contributed by atoms with van der Waals surface area (Å²) < 4.78 is 10.4. The van der Waals surface area contributed by atoms with Crippen LogP contribution in [0.3, 0.4) is 0 Å². The summed E-state index contributed by atoms with van der Waals surface area (Å²) in [5.74, 6) is -1.79. The van der Waals surface area contributed by atoms with Gasteiger partial charge in [0.05, 0.1) is 11.8 Å². The van der Waals surface area contributed by atoms with Gasteiger partial charge in [0.15, 0.2) is 6.61 Å². The summed E-state index contributed by atoms with van der Waals surface area (Å²) in [7, 11) is 0. The molecule has 1 heterocycles. The lowest BCUT2D eigenvalue weighted by molar-refractivity contribution is -0.157. The van der Waals surface area contributed by atoms with Crippen molar-refractivity contribution in [1.29, 1.82) is 0 Å². The molecule has 2 saturated carbocycles. The fraction of sp³-hybridized carbons (Fsp3) is 0.471. The van der Waals surface area contributed by atoms with Crippen LogP contribution < -0.4 is 5.32 Å². The molecule has 0 radical (unpaired) electrons. The number of carbonyl (C=O) groups excluding carboxylic acids is 3. The first kappa shape index (κ1) is 15.4. The Hall–Kier alpha value is -2.08. The quantitative estimate of drug-likeness (QED) is 0.841. The number of benzene rings is 1. The van der Waals surface area contributed by atoms with Gasteiger partial charge in [-0.15, -0.1) is 0 Å². The first-order valence-corrected chi connectivity index (χ1v) is 8.33. The van der Waals surface area contributed by atoms with Crippen LogP contribution in [0.25, 0.3) is 0 Å². The number of fused-ring (bicyclic) bond motifs is 1. The smallest absolute Gasteiger partial charge is 0.310 e. The zero-order valence-electron chi connectivity index (χ0n) is 12.7. The van der Waals surface area contributed by atoms with Crippen molar-refractivity contribution in [2.75, 3.05) is 11.9 Å². The molecule has 3 fully saturated rings. The second-order valence-electron chi connectivity index (χ2n) is 6.59. The molecule has 1 amide bonds. The van der Waals surface area contributed by atoms with Gasteiger partial charge >= 0.3 is 11.9 Å². The third-order valence-electron chi connectivity index (χ3n) is 5.23. The standard InChI is InChI=1S/C17H16ClNO5/c18-9-1-3-10(4-2-9)19-13(20)7-23-16(21)14-8-5-11-12(6-8)24-17(22)15(11)14/h1-4,8,11-12,14-15H,5-7H2,(H,19,20)/t8-,11+,12+,14-,15-/m1/s1. The monoisotopic (exact) mass is 349 g/mol. The van der Waals surface area contributed by atoms with E-state index in [-0.39, 0.29) is 36.4 Å². The molecule has 126 valence electrons. The maximum Gasteiger partial charge on any atom is 0.310 e. The SMILES string of the molecule is O=C(COC(=O)[C@@H]1[C@@H]2C[C@@H]3[C@H]1C(=O)O[C@H]3C2)Nc1ccc(Cl)cc1. The molecule has 2 aliphatic carbocycles. The highest BCUT2D eigenvalue weighted by molar-refractivity contribution is 6.30. The molecule has 0 aromatic heterocycles. The Labute approximate surface area is 143 Å². The molecule has 2 bridgehead atoms. The van der Waals surface area contributed by atoms with Gasteiger partial charge in [0.25, 0.3) is 5.91 Å². The minimum atomic E-state index is -0.476. The number of hydrogen-bond donors (Lipinski definition) is 1. The Morgan fingerprint density at radius 1 is 1.25 bits per heavy atom. The van der Waals surface area contributed by atoms with Gasteiger partial charge in [-0.3, -0.25) is 14.4 Å². The van der Waals surface area contributed by atoms with Crippen molar-refractivity contribution in [2.24, 2.45) is 23.7 Å². The summed E-state index contributed by atoms with van der Waals surface area (Å²) in [4.78, 5) is 36.1. The Bertz CT molecular complexity index is 701. The van der Waals surface area contributed by atoms with Gasteiger partial charge in [-0.1, -0.05) is 11.6 Å². The van der Waals surface area contributed by atoms with Crippen molar-refractivity contribution in [3.8, 4) is 0 Å². The van der Waals surface area contributed by atoms with E-state index in [0.717, 1.165) is 12.8 Å². The number of ether oxygens (including phenoxy) is 2. The molecule has 7 heteroatoms. The topological polar surface area (TPSA) is 81.7 Å². The van der Waals surface area contributed by atoms with Crippen molar-refractivity contribution >= 4 is 35.1 Å². The third-order valence-corrected chi connectivity index (χ3v) is 5.48. The van der Waals surface area contributed by atoms with Crippen molar-refractivity contribution in [1.82, 2.24) is 0 Å². The average molecular weight is 350 g/mol. The predicted molar refractivity (Wildman–Crippen MR) is 84.1 cm³/mol. The van der Waals surface area contributed by atoms with Gasteiger partial charge in [0, 0.05) is 16.6 Å². The largest absolute Gasteiger partial charge is 0.462 e. The van der Waals surface area contributed by atoms with E-state index in [9.17, 15) is 14.4 Å². The van der Waals surface area contributed by atoms with E-state index < -0.39 is 17.8 Å². The second kappa shape index (κ2) is 5.77. The van der Waals surface area contributed by atoms with Crippen LogP contribution in [0.15, 0.2) is 24.3 Å². The Morgan fingerprint density at radius 3 is 2.75 bits per heavy atom. The number of rotatable bonds is 4. The first-order valence-electron chi connectivity index (χ1n) is 7.95. The summed E-state index contributed by atoms with van der Waals surface area (Å²) in [5, 5.41) is 3.19. The highest BCUT2D eigenvalue weighted by Gasteiger charge is 2.64. The molecular formula is C17H16ClNO5. The number of esters is 2. The van der Waals surface area contributed by atoms with Gasteiger partial charge < -0.3 is 14.8 Å². The Balaban J connectivity index is 1.33. The first-order chi connectivity index (χ1) is 11.5. The molecule has 0 spiro atoms. The molecule has 1 aromatic carbocycles. The molecule has 1 saturated heterocycles. The lowest BCUT2D eigenvalue weighted by Gasteiger charge is -2.22. The van der Waals surface area contributed by atoms with Crippen molar-refractivity contribution in [3.63, 3.8) is 0 Å². The highest BCUT2D eigenvalue weighted by Crippen LogP contribution is 2.57.